The van der Waals surface area contributed by atoms with Crippen LogP contribution in [0.2, 0.25) is 0 Å². The number of nitrogens with zero attached hydrogens (tertiary/aromatic N) is 1. The van der Waals surface area contributed by atoms with E-state index in [9.17, 15) is 26.8 Å². The van der Waals surface area contributed by atoms with Crippen molar-refractivity contribution in [2.45, 2.75) is 6.54 Å². The summed E-state index contributed by atoms with van der Waals surface area (Å²) in [5.74, 6) is -2.59. The Morgan fingerprint density at radius 2 is 1.91 bits per heavy atom. The summed E-state index contributed by atoms with van der Waals surface area (Å²) in [6.45, 7) is -0.221. The van der Waals surface area contributed by atoms with Gasteiger partial charge in [0.05, 0.1) is 12.8 Å². The van der Waals surface area contributed by atoms with Crippen molar-refractivity contribution in [2.75, 3.05) is 6.26 Å². The number of nitrogens with one attached hydrogen (secondary N) is 2. The molecule has 0 bridgehead atoms. The van der Waals surface area contributed by atoms with Crippen LogP contribution in [0.4, 0.5) is 8.78 Å². The highest BCUT2D eigenvalue weighted by atomic mass is 79.9. The van der Waals surface area contributed by atoms with E-state index in [-0.39, 0.29) is 28.9 Å². The SMILES string of the molecule is CS(=O)(=O)NC(=O)c1c(-c2ccc[nH]c2=O)c2cc(Br)ccc2n1Cc1ccc(F)cc1F. The smallest absolute Gasteiger partial charge is 0.282 e. The molecular weight excluding hydrogens is 520 g/mol. The van der Waals surface area contributed by atoms with E-state index in [1.165, 1.54) is 22.9 Å². The molecule has 33 heavy (non-hydrogen) atoms. The number of carbonyl (C=O) groups excluding carboxylic acids is 1. The highest BCUT2D eigenvalue weighted by Crippen LogP contribution is 2.36. The Morgan fingerprint density at radius 1 is 1.15 bits per heavy atom. The molecule has 11 heteroatoms. The summed E-state index contributed by atoms with van der Waals surface area (Å²) in [5, 5.41) is 0.460. The number of H-pyrrole nitrogens is 1. The van der Waals surface area contributed by atoms with Crippen molar-refractivity contribution in [3.05, 3.63) is 92.4 Å². The van der Waals surface area contributed by atoms with Crippen molar-refractivity contribution in [3.63, 3.8) is 0 Å². The van der Waals surface area contributed by atoms with Gasteiger partial charge in [-0.1, -0.05) is 22.0 Å². The lowest BCUT2D eigenvalue weighted by molar-refractivity contribution is 0.0974. The molecule has 0 aliphatic heterocycles. The quantitative estimate of drug-likeness (QED) is 0.406. The van der Waals surface area contributed by atoms with Crippen LogP contribution >= 0.6 is 15.9 Å². The molecule has 0 fully saturated rings. The number of carbonyl (C=O) groups is 1. The highest BCUT2D eigenvalue weighted by molar-refractivity contribution is 9.10. The Kier molecular flexibility index (Phi) is 5.93. The molecule has 2 aromatic carbocycles. The molecule has 2 heterocycles. The number of rotatable bonds is 5. The van der Waals surface area contributed by atoms with E-state index in [1.807, 2.05) is 4.72 Å². The molecule has 0 saturated carbocycles. The number of amides is 1. The monoisotopic (exact) mass is 535 g/mol. The van der Waals surface area contributed by atoms with Crippen LogP contribution in [0, 0.1) is 11.6 Å². The van der Waals surface area contributed by atoms with Crippen LogP contribution in [0.5, 0.6) is 0 Å². The summed E-state index contributed by atoms with van der Waals surface area (Å²) >= 11 is 3.37. The van der Waals surface area contributed by atoms with Gasteiger partial charge in [0.25, 0.3) is 11.5 Å². The fraction of sp³-hybridized carbons (Fsp3) is 0.0909. The van der Waals surface area contributed by atoms with Crippen molar-refractivity contribution >= 4 is 42.8 Å². The van der Waals surface area contributed by atoms with Crippen molar-refractivity contribution in [3.8, 4) is 11.1 Å². The Morgan fingerprint density at radius 3 is 2.58 bits per heavy atom. The second-order valence-corrected chi connectivity index (χ2v) is 9.99. The summed E-state index contributed by atoms with van der Waals surface area (Å²) < 4.78 is 55.6. The average Bonchev–Trinajstić information content (AvgIpc) is 3.02. The molecule has 1 amide bonds. The molecule has 4 aromatic rings. The predicted molar refractivity (Wildman–Crippen MR) is 123 cm³/mol. The van der Waals surface area contributed by atoms with Crippen molar-refractivity contribution in [2.24, 2.45) is 0 Å². The van der Waals surface area contributed by atoms with Crippen LogP contribution in [-0.2, 0) is 16.6 Å². The van der Waals surface area contributed by atoms with E-state index < -0.39 is 33.1 Å². The Hall–Kier alpha value is -3.31. The van der Waals surface area contributed by atoms with E-state index in [2.05, 4.69) is 20.9 Å². The number of benzene rings is 2. The van der Waals surface area contributed by atoms with Gasteiger partial charge in [0, 0.05) is 44.3 Å². The van der Waals surface area contributed by atoms with Gasteiger partial charge in [-0.2, -0.15) is 0 Å². The Labute approximate surface area is 195 Å². The van der Waals surface area contributed by atoms with E-state index >= 15 is 0 Å². The molecule has 0 unspecified atom stereocenters. The summed E-state index contributed by atoms with van der Waals surface area (Å²) in [6.07, 6.45) is 2.24. The zero-order chi connectivity index (χ0) is 23.9. The number of sulfonamides is 1. The zero-order valence-corrected chi connectivity index (χ0v) is 19.4. The van der Waals surface area contributed by atoms with Crippen molar-refractivity contribution in [1.82, 2.24) is 14.3 Å². The van der Waals surface area contributed by atoms with E-state index in [0.717, 1.165) is 18.4 Å². The second-order valence-electron chi connectivity index (χ2n) is 7.32. The molecule has 0 spiro atoms. The topological polar surface area (TPSA) is 101 Å². The third-order valence-electron chi connectivity index (χ3n) is 4.95. The first kappa shape index (κ1) is 22.9. The summed E-state index contributed by atoms with van der Waals surface area (Å²) in [4.78, 5) is 28.4. The van der Waals surface area contributed by atoms with E-state index in [4.69, 9.17) is 0 Å². The number of hydrogen-bond donors (Lipinski definition) is 2. The predicted octanol–water partition coefficient (Wildman–Crippen LogP) is 3.78. The molecule has 7 nitrogen and oxygen atoms in total. The minimum Gasteiger partial charge on any atom is -0.331 e. The van der Waals surface area contributed by atoms with Crippen LogP contribution in [0.1, 0.15) is 16.1 Å². The van der Waals surface area contributed by atoms with Gasteiger partial charge in [0.15, 0.2) is 0 Å². The van der Waals surface area contributed by atoms with Gasteiger partial charge in [-0.3, -0.25) is 9.59 Å². The molecule has 0 atom stereocenters. The summed E-state index contributed by atoms with van der Waals surface area (Å²) in [7, 11) is -3.96. The van der Waals surface area contributed by atoms with Gasteiger partial charge in [-0.05, 0) is 36.4 Å². The van der Waals surface area contributed by atoms with Crippen LogP contribution in [0.25, 0.3) is 22.0 Å². The van der Waals surface area contributed by atoms with E-state index in [1.54, 1.807) is 24.3 Å². The average molecular weight is 536 g/mol. The fourth-order valence-corrected chi connectivity index (χ4v) is 4.45. The Bertz CT molecular complexity index is 1580. The first-order valence-electron chi connectivity index (χ1n) is 9.51. The summed E-state index contributed by atoms with van der Waals surface area (Å²) in [6, 6.07) is 11.1. The molecule has 170 valence electrons. The van der Waals surface area contributed by atoms with Gasteiger partial charge in [-0.15, -0.1) is 0 Å². The minimum absolute atomic E-state index is 0.0677. The second kappa shape index (κ2) is 8.56. The standard InChI is InChI=1S/C22H16BrF2N3O4S/c1-33(31,32)27-22(30)20-19(15-3-2-8-26-21(15)29)16-9-13(23)5-7-18(16)28(20)11-12-4-6-14(24)10-17(12)25/h2-10H,11H2,1H3,(H,26,29)(H,27,30). The molecule has 0 saturated heterocycles. The number of aromatic amines is 1. The Balaban J connectivity index is 2.09. The van der Waals surface area contributed by atoms with Crippen LogP contribution in [-0.4, -0.2) is 30.1 Å². The molecule has 2 N–H and O–H groups in total. The van der Waals surface area contributed by atoms with Gasteiger partial charge >= 0.3 is 0 Å². The van der Waals surface area contributed by atoms with Crippen molar-refractivity contribution < 1.29 is 22.0 Å². The normalized spacial score (nSPS) is 11.6. The molecule has 0 aliphatic carbocycles. The third-order valence-corrected chi connectivity index (χ3v) is 6.00. The molecular formula is C22H16BrF2N3O4S. The number of hydrogen-bond acceptors (Lipinski definition) is 4. The lowest BCUT2D eigenvalue weighted by Gasteiger charge is -2.13. The van der Waals surface area contributed by atoms with Crippen molar-refractivity contribution in [1.29, 1.82) is 0 Å². The number of halogens is 3. The van der Waals surface area contributed by atoms with E-state index in [0.29, 0.717) is 15.4 Å². The molecule has 2 aromatic heterocycles. The van der Waals surface area contributed by atoms with Gasteiger partial charge in [0.1, 0.15) is 17.3 Å². The summed E-state index contributed by atoms with van der Waals surface area (Å²) in [5.41, 5.74) is 0.151. The lowest BCUT2D eigenvalue weighted by Crippen LogP contribution is -2.32. The third kappa shape index (κ3) is 4.60. The molecule has 0 radical (unpaired) electrons. The first-order chi connectivity index (χ1) is 15.5. The van der Waals surface area contributed by atoms with Crippen LogP contribution < -0.4 is 10.3 Å². The first-order valence-corrected chi connectivity index (χ1v) is 12.2. The van der Waals surface area contributed by atoms with Crippen LogP contribution in [0.15, 0.2) is 64.0 Å². The largest absolute Gasteiger partial charge is 0.331 e. The minimum atomic E-state index is -3.96. The number of pyridine rings is 1. The molecule has 0 aliphatic rings. The number of fused-ring (bicyclic) bond motifs is 1. The van der Waals surface area contributed by atoms with Gasteiger partial charge in [-0.25, -0.2) is 21.9 Å². The maximum atomic E-state index is 14.5. The fourth-order valence-electron chi connectivity index (χ4n) is 3.66. The number of aromatic nitrogens is 2. The van der Waals surface area contributed by atoms with Gasteiger partial charge in [0.2, 0.25) is 10.0 Å². The zero-order valence-electron chi connectivity index (χ0n) is 17.0. The maximum absolute atomic E-state index is 14.5. The van der Waals surface area contributed by atoms with Gasteiger partial charge < -0.3 is 9.55 Å². The lowest BCUT2D eigenvalue weighted by atomic mass is 10.0. The van der Waals surface area contributed by atoms with Crippen LogP contribution in [0.3, 0.4) is 0 Å². The maximum Gasteiger partial charge on any atom is 0.282 e. The highest BCUT2D eigenvalue weighted by Gasteiger charge is 2.27. The molecule has 4 rings (SSSR count).